The van der Waals surface area contributed by atoms with E-state index in [1.807, 2.05) is 0 Å². The van der Waals surface area contributed by atoms with Crippen molar-refractivity contribution in [1.82, 2.24) is 19.3 Å². The molecule has 36 heavy (non-hydrogen) atoms. The van der Waals surface area contributed by atoms with Crippen molar-refractivity contribution in [2.24, 2.45) is 13.0 Å². The van der Waals surface area contributed by atoms with Crippen LogP contribution in [0.25, 0.3) is 0 Å². The van der Waals surface area contributed by atoms with Crippen molar-refractivity contribution in [3.05, 3.63) is 53.9 Å². The van der Waals surface area contributed by atoms with E-state index >= 15 is 0 Å². The van der Waals surface area contributed by atoms with Gasteiger partial charge in [-0.2, -0.15) is 0 Å². The summed E-state index contributed by atoms with van der Waals surface area (Å²) in [6.45, 7) is 0.601. The molecule has 1 aromatic carbocycles. The molecule has 0 unspecified atom stereocenters. The molecule has 0 bridgehead atoms. The van der Waals surface area contributed by atoms with Crippen LogP contribution in [0.4, 0.5) is 24.8 Å². The molecule has 2 aliphatic rings. The number of anilines is 2. The molecular weight excluding hydrogens is 505 g/mol. The second kappa shape index (κ2) is 8.67. The number of fused-ring (bicyclic) bond motifs is 2. The highest BCUT2D eigenvalue weighted by molar-refractivity contribution is 7.89. The van der Waals surface area contributed by atoms with Gasteiger partial charge in [0.1, 0.15) is 4.90 Å². The molecule has 1 amide bonds. The fourth-order valence-corrected chi connectivity index (χ4v) is 5.75. The molecule has 2 aromatic heterocycles. The van der Waals surface area contributed by atoms with Gasteiger partial charge in [-0.05, 0) is 0 Å². The maximum absolute atomic E-state index is 13.6. The Labute approximate surface area is 202 Å². The van der Waals surface area contributed by atoms with Crippen molar-refractivity contribution in [3.8, 4) is 11.5 Å². The average molecular weight is 524 g/mol. The smallest absolute Gasteiger partial charge is 0.276 e. The number of nitrogens with one attached hydrogen (secondary N) is 2. The third kappa shape index (κ3) is 4.19. The summed E-state index contributed by atoms with van der Waals surface area (Å²) < 4.78 is 76.5. The van der Waals surface area contributed by atoms with Crippen LogP contribution in [0.15, 0.2) is 35.6 Å². The lowest BCUT2D eigenvalue weighted by atomic mass is 10.1. The molecule has 3 N–H and O–H groups in total. The molecule has 190 valence electrons. The fourth-order valence-electron chi connectivity index (χ4n) is 4.26. The van der Waals surface area contributed by atoms with E-state index in [9.17, 15) is 31.5 Å². The van der Waals surface area contributed by atoms with Crippen LogP contribution in [0.5, 0.6) is 11.5 Å². The zero-order chi connectivity index (χ0) is 25.8. The molecule has 2 aliphatic heterocycles. The first-order valence-electron chi connectivity index (χ1n) is 10.6. The number of hydrogen-bond acceptors (Lipinski definition) is 8. The summed E-state index contributed by atoms with van der Waals surface area (Å²) in [6, 6.07) is 0.652. The first-order chi connectivity index (χ1) is 17.0. The number of hydrogen-bond donors (Lipinski definition) is 3. The highest BCUT2D eigenvalue weighted by atomic mass is 32.2. The van der Waals surface area contributed by atoms with Crippen LogP contribution in [-0.4, -0.2) is 59.7 Å². The van der Waals surface area contributed by atoms with Crippen LogP contribution >= 0.6 is 0 Å². The Balaban J connectivity index is 1.43. The molecule has 5 rings (SSSR count). The number of aromatic hydroxyl groups is 1. The number of halogens is 3. The molecule has 2 atom stereocenters. The van der Waals surface area contributed by atoms with Crippen molar-refractivity contribution in [1.29, 1.82) is 0 Å². The van der Waals surface area contributed by atoms with Gasteiger partial charge in [0.2, 0.25) is 16.0 Å². The van der Waals surface area contributed by atoms with E-state index in [1.165, 1.54) is 30.2 Å². The second-order valence-electron chi connectivity index (χ2n) is 8.44. The van der Waals surface area contributed by atoms with Gasteiger partial charge in [0.15, 0.2) is 34.6 Å². The minimum absolute atomic E-state index is 0.0267. The van der Waals surface area contributed by atoms with Crippen LogP contribution in [0.3, 0.4) is 0 Å². The summed E-state index contributed by atoms with van der Waals surface area (Å²) >= 11 is 0. The highest BCUT2D eigenvalue weighted by Crippen LogP contribution is 2.35. The zero-order valence-corrected chi connectivity index (χ0v) is 19.4. The van der Waals surface area contributed by atoms with E-state index in [0.29, 0.717) is 24.6 Å². The summed E-state index contributed by atoms with van der Waals surface area (Å²) in [7, 11) is -2.74. The average Bonchev–Trinajstić information content (AvgIpc) is 3.35. The van der Waals surface area contributed by atoms with Gasteiger partial charge >= 0.3 is 0 Å². The highest BCUT2D eigenvalue weighted by Gasteiger charge is 2.41. The van der Waals surface area contributed by atoms with Crippen molar-refractivity contribution in [3.63, 3.8) is 0 Å². The molecule has 4 heterocycles. The molecule has 3 aromatic rings. The Morgan fingerprint density at radius 2 is 1.86 bits per heavy atom. The first-order valence-corrected chi connectivity index (χ1v) is 12.1. The largest absolute Gasteiger partial charge is 0.505 e. The lowest BCUT2D eigenvalue weighted by molar-refractivity contribution is 0.101. The number of benzene rings is 1. The van der Waals surface area contributed by atoms with Gasteiger partial charge in [0, 0.05) is 56.1 Å². The fraction of sp³-hybridized carbons (Fsp3) is 0.286. The first kappa shape index (κ1) is 23.9. The Kier molecular flexibility index (Phi) is 5.75. The van der Waals surface area contributed by atoms with E-state index in [0.717, 1.165) is 0 Å². The van der Waals surface area contributed by atoms with Gasteiger partial charge in [-0.15, -0.1) is 0 Å². The van der Waals surface area contributed by atoms with Crippen LogP contribution in [0.1, 0.15) is 10.5 Å². The van der Waals surface area contributed by atoms with Crippen LogP contribution in [-0.2, 0) is 17.1 Å². The van der Waals surface area contributed by atoms with Crippen molar-refractivity contribution in [2.75, 3.05) is 29.9 Å². The van der Waals surface area contributed by atoms with E-state index in [-0.39, 0.29) is 46.8 Å². The van der Waals surface area contributed by atoms with Crippen molar-refractivity contribution < 1.29 is 36.2 Å². The summed E-state index contributed by atoms with van der Waals surface area (Å²) in [6.07, 6.45) is 3.64. The van der Waals surface area contributed by atoms with E-state index in [1.54, 1.807) is 4.90 Å². The van der Waals surface area contributed by atoms with Gasteiger partial charge in [-0.1, -0.05) is 0 Å². The Morgan fingerprint density at radius 1 is 1.19 bits per heavy atom. The lowest BCUT2D eigenvalue weighted by Crippen LogP contribution is -2.43. The Morgan fingerprint density at radius 3 is 2.53 bits per heavy atom. The van der Waals surface area contributed by atoms with Gasteiger partial charge in [-0.25, -0.2) is 36.3 Å². The van der Waals surface area contributed by atoms with E-state index in [4.69, 9.17) is 4.74 Å². The Bertz CT molecular complexity index is 1440. The van der Waals surface area contributed by atoms with Crippen molar-refractivity contribution in [2.45, 2.75) is 10.9 Å². The van der Waals surface area contributed by atoms with Crippen molar-refractivity contribution >= 4 is 27.6 Å². The Hall–Kier alpha value is -3.85. The molecular formula is C21H19F3N6O5S. The SMILES string of the molecule is Cn1cc2c(c1C(=O)Nc1cc(F)c(F)c(F)c1)OC[C@@H]1CN(c3ncc(O)cn3)C[C@@H]1NS2(=O)=O. The number of carbonyl (C=O) groups excluding carboxylic acids is 1. The minimum Gasteiger partial charge on any atom is -0.505 e. The molecule has 0 radical (unpaired) electrons. The van der Waals surface area contributed by atoms with Crippen LogP contribution in [0, 0.1) is 23.4 Å². The monoisotopic (exact) mass is 524 g/mol. The quantitative estimate of drug-likeness (QED) is 0.437. The molecule has 0 aliphatic carbocycles. The van der Waals surface area contributed by atoms with Gasteiger partial charge in [0.25, 0.3) is 5.91 Å². The number of nitrogens with zero attached hydrogens (tertiary/aromatic N) is 4. The third-order valence-electron chi connectivity index (χ3n) is 5.95. The molecule has 1 fully saturated rings. The van der Waals surface area contributed by atoms with Gasteiger partial charge < -0.3 is 24.6 Å². The number of aryl methyl sites for hydroxylation is 1. The number of ether oxygens (including phenoxy) is 1. The van der Waals surface area contributed by atoms with E-state index in [2.05, 4.69) is 20.0 Å². The maximum atomic E-state index is 13.6. The summed E-state index contributed by atoms with van der Waals surface area (Å²) in [4.78, 5) is 22.5. The minimum atomic E-state index is -4.15. The van der Waals surface area contributed by atoms with Crippen LogP contribution < -0.4 is 19.7 Å². The topological polar surface area (TPSA) is 139 Å². The molecule has 15 heteroatoms. The molecule has 0 spiro atoms. The van der Waals surface area contributed by atoms with Gasteiger partial charge in [0.05, 0.1) is 19.0 Å². The molecule has 11 nitrogen and oxygen atoms in total. The van der Waals surface area contributed by atoms with Gasteiger partial charge in [-0.3, -0.25) is 4.79 Å². The lowest BCUT2D eigenvalue weighted by Gasteiger charge is -2.23. The number of aromatic nitrogens is 3. The third-order valence-corrected chi connectivity index (χ3v) is 7.43. The molecule has 1 saturated heterocycles. The normalized spacial score (nSPS) is 20.6. The predicted molar refractivity (Wildman–Crippen MR) is 119 cm³/mol. The zero-order valence-electron chi connectivity index (χ0n) is 18.6. The summed E-state index contributed by atoms with van der Waals surface area (Å²) in [5, 5.41) is 11.6. The predicted octanol–water partition coefficient (Wildman–Crippen LogP) is 1.37. The summed E-state index contributed by atoms with van der Waals surface area (Å²) in [5.41, 5.74) is -0.575. The number of sulfonamides is 1. The van der Waals surface area contributed by atoms with E-state index < -0.39 is 39.4 Å². The summed E-state index contributed by atoms with van der Waals surface area (Å²) in [5.74, 6) is -5.98. The molecule has 0 saturated carbocycles. The number of carbonyl (C=O) groups is 1. The van der Waals surface area contributed by atoms with Crippen LogP contribution in [0.2, 0.25) is 0 Å². The number of amides is 1. The maximum Gasteiger partial charge on any atom is 0.276 e. The number of rotatable bonds is 3. The standard InChI is InChI=1S/C21H19F3N6O5S/c1-29-8-16-19(18(29)20(32)27-11-2-13(22)17(24)14(23)3-11)35-9-10-6-30(7-15(10)28-36(16,33)34)21-25-4-12(31)5-26-21/h2-5,8,10,15,28,31H,6-7,9H2,1H3,(H,27,32)/t10-,15-/m0/s1. The second-order valence-corrected chi connectivity index (χ2v) is 10.1.